The fourth-order valence-corrected chi connectivity index (χ4v) is 2.08. The molecule has 0 aliphatic carbocycles. The SMILES string of the molecule is CC[C@H](C)[C@H](NC(=O)N1CCC(C(N)=O)C1)C(=O)O. The molecule has 3 atom stereocenters. The molecule has 19 heavy (non-hydrogen) atoms. The molecular weight excluding hydrogens is 250 g/mol. The highest BCUT2D eigenvalue weighted by Gasteiger charge is 2.32. The Labute approximate surface area is 112 Å². The van der Waals surface area contributed by atoms with Crippen molar-refractivity contribution in [2.24, 2.45) is 17.6 Å². The number of aliphatic carboxylic acids is 1. The predicted molar refractivity (Wildman–Crippen MR) is 68.3 cm³/mol. The van der Waals surface area contributed by atoms with Gasteiger partial charge in [-0.3, -0.25) is 4.79 Å². The van der Waals surface area contributed by atoms with Crippen LogP contribution in [0.15, 0.2) is 0 Å². The van der Waals surface area contributed by atoms with Gasteiger partial charge in [-0.2, -0.15) is 0 Å². The van der Waals surface area contributed by atoms with E-state index >= 15 is 0 Å². The number of nitrogens with one attached hydrogen (secondary N) is 1. The monoisotopic (exact) mass is 271 g/mol. The highest BCUT2D eigenvalue weighted by Crippen LogP contribution is 2.16. The third-order valence-corrected chi connectivity index (χ3v) is 3.64. The van der Waals surface area contributed by atoms with Gasteiger partial charge in [0.15, 0.2) is 0 Å². The third kappa shape index (κ3) is 3.84. The molecule has 7 nitrogen and oxygen atoms in total. The summed E-state index contributed by atoms with van der Waals surface area (Å²) in [5.41, 5.74) is 5.19. The Hall–Kier alpha value is -1.79. The number of likely N-dealkylation sites (tertiary alicyclic amines) is 1. The zero-order valence-corrected chi connectivity index (χ0v) is 11.3. The lowest BCUT2D eigenvalue weighted by atomic mass is 9.99. The van der Waals surface area contributed by atoms with Gasteiger partial charge >= 0.3 is 12.0 Å². The van der Waals surface area contributed by atoms with Crippen molar-refractivity contribution in [2.75, 3.05) is 13.1 Å². The van der Waals surface area contributed by atoms with Crippen LogP contribution in [-0.4, -0.2) is 47.0 Å². The first-order valence-electron chi connectivity index (χ1n) is 6.44. The van der Waals surface area contributed by atoms with Crippen molar-refractivity contribution in [3.8, 4) is 0 Å². The summed E-state index contributed by atoms with van der Waals surface area (Å²) in [6, 6.07) is -1.36. The second-order valence-corrected chi connectivity index (χ2v) is 4.98. The Morgan fingerprint density at radius 1 is 1.47 bits per heavy atom. The number of nitrogens with zero attached hydrogens (tertiary/aromatic N) is 1. The molecule has 0 bridgehead atoms. The van der Waals surface area contributed by atoms with Crippen molar-refractivity contribution < 1.29 is 19.5 Å². The van der Waals surface area contributed by atoms with Crippen LogP contribution in [0, 0.1) is 11.8 Å². The Morgan fingerprint density at radius 3 is 2.53 bits per heavy atom. The molecule has 7 heteroatoms. The van der Waals surface area contributed by atoms with Crippen molar-refractivity contribution in [3.63, 3.8) is 0 Å². The van der Waals surface area contributed by atoms with Crippen LogP contribution >= 0.6 is 0 Å². The van der Waals surface area contributed by atoms with E-state index < -0.39 is 23.9 Å². The maximum Gasteiger partial charge on any atom is 0.326 e. The zero-order chi connectivity index (χ0) is 14.6. The summed E-state index contributed by atoms with van der Waals surface area (Å²) in [4.78, 5) is 35.5. The van der Waals surface area contributed by atoms with Crippen LogP contribution in [0.4, 0.5) is 4.79 Å². The van der Waals surface area contributed by atoms with E-state index in [4.69, 9.17) is 10.8 Å². The molecule has 108 valence electrons. The number of carboxylic acid groups (broad SMARTS) is 1. The molecule has 4 N–H and O–H groups in total. The number of primary amides is 1. The molecule has 1 heterocycles. The first-order chi connectivity index (χ1) is 8.86. The van der Waals surface area contributed by atoms with Crippen LogP contribution in [0.2, 0.25) is 0 Å². The maximum atomic E-state index is 11.9. The number of rotatable bonds is 5. The lowest BCUT2D eigenvalue weighted by molar-refractivity contribution is -0.140. The van der Waals surface area contributed by atoms with Gasteiger partial charge in [0.25, 0.3) is 0 Å². The molecule has 3 amide bonds. The third-order valence-electron chi connectivity index (χ3n) is 3.64. The van der Waals surface area contributed by atoms with Crippen molar-refractivity contribution in [3.05, 3.63) is 0 Å². The fourth-order valence-electron chi connectivity index (χ4n) is 2.08. The number of urea groups is 1. The van der Waals surface area contributed by atoms with Crippen molar-refractivity contribution in [2.45, 2.75) is 32.7 Å². The lowest BCUT2D eigenvalue weighted by Gasteiger charge is -2.24. The number of carbonyl (C=O) groups is 3. The minimum atomic E-state index is -1.05. The van der Waals surface area contributed by atoms with E-state index in [1.165, 1.54) is 4.90 Å². The second kappa shape index (κ2) is 6.40. The Balaban J connectivity index is 2.59. The quantitative estimate of drug-likeness (QED) is 0.653. The molecule has 1 rings (SSSR count). The maximum absolute atomic E-state index is 11.9. The molecule has 0 radical (unpaired) electrons. The largest absolute Gasteiger partial charge is 0.480 e. The first kappa shape index (κ1) is 15.3. The summed E-state index contributed by atoms with van der Waals surface area (Å²) in [5.74, 6) is -1.96. The van der Waals surface area contributed by atoms with E-state index in [1.54, 1.807) is 6.92 Å². The molecule has 0 saturated carbocycles. The molecule has 1 unspecified atom stereocenters. The average Bonchev–Trinajstić information content (AvgIpc) is 2.84. The summed E-state index contributed by atoms with van der Waals surface area (Å²) in [5, 5.41) is 11.6. The van der Waals surface area contributed by atoms with Gasteiger partial charge in [-0.05, 0) is 12.3 Å². The number of carboxylic acids is 1. The fraction of sp³-hybridized carbons (Fsp3) is 0.750. The average molecular weight is 271 g/mol. The molecule has 0 aromatic heterocycles. The highest BCUT2D eigenvalue weighted by atomic mass is 16.4. The lowest BCUT2D eigenvalue weighted by Crippen LogP contribution is -2.50. The van der Waals surface area contributed by atoms with E-state index in [1.807, 2.05) is 6.92 Å². The smallest absolute Gasteiger partial charge is 0.326 e. The second-order valence-electron chi connectivity index (χ2n) is 4.98. The Bertz CT molecular complexity index is 372. The summed E-state index contributed by atoms with van der Waals surface area (Å²) in [6.45, 7) is 4.32. The van der Waals surface area contributed by atoms with Crippen molar-refractivity contribution >= 4 is 17.9 Å². The molecule has 1 fully saturated rings. The van der Waals surface area contributed by atoms with Crippen LogP contribution in [0.5, 0.6) is 0 Å². The molecule has 0 spiro atoms. The van der Waals surface area contributed by atoms with Crippen LogP contribution in [0.25, 0.3) is 0 Å². The van der Waals surface area contributed by atoms with E-state index in [-0.39, 0.29) is 18.4 Å². The van der Waals surface area contributed by atoms with E-state index in [2.05, 4.69) is 5.32 Å². The van der Waals surface area contributed by atoms with Gasteiger partial charge in [0.05, 0.1) is 5.92 Å². The molecule has 1 aliphatic rings. The predicted octanol–water partition coefficient (Wildman–Crippen LogP) is 0.00250. The Kier molecular flexibility index (Phi) is 5.14. The summed E-state index contributed by atoms with van der Waals surface area (Å²) in [6.07, 6.45) is 1.19. The number of amides is 3. The van der Waals surface area contributed by atoms with E-state index in [0.29, 0.717) is 19.4 Å². The minimum absolute atomic E-state index is 0.156. The number of hydrogen-bond acceptors (Lipinski definition) is 3. The number of nitrogens with two attached hydrogens (primary N) is 1. The summed E-state index contributed by atoms with van der Waals surface area (Å²) in [7, 11) is 0. The Morgan fingerprint density at radius 2 is 2.11 bits per heavy atom. The number of hydrogen-bond donors (Lipinski definition) is 3. The summed E-state index contributed by atoms with van der Waals surface area (Å²) >= 11 is 0. The topological polar surface area (TPSA) is 113 Å². The van der Waals surface area contributed by atoms with Gasteiger partial charge < -0.3 is 21.1 Å². The van der Waals surface area contributed by atoms with Gasteiger partial charge in [-0.15, -0.1) is 0 Å². The zero-order valence-electron chi connectivity index (χ0n) is 11.3. The van der Waals surface area contributed by atoms with Crippen LogP contribution in [0.1, 0.15) is 26.7 Å². The van der Waals surface area contributed by atoms with Crippen LogP contribution in [0.3, 0.4) is 0 Å². The van der Waals surface area contributed by atoms with Crippen molar-refractivity contribution in [1.82, 2.24) is 10.2 Å². The molecule has 1 saturated heterocycles. The molecule has 0 aromatic carbocycles. The van der Waals surface area contributed by atoms with Gasteiger partial charge in [-0.1, -0.05) is 20.3 Å². The van der Waals surface area contributed by atoms with Gasteiger partial charge in [0.1, 0.15) is 6.04 Å². The minimum Gasteiger partial charge on any atom is -0.480 e. The first-order valence-corrected chi connectivity index (χ1v) is 6.44. The van der Waals surface area contributed by atoms with E-state index in [0.717, 1.165) is 0 Å². The molecule has 0 aromatic rings. The highest BCUT2D eigenvalue weighted by molar-refractivity contribution is 5.84. The van der Waals surface area contributed by atoms with Gasteiger partial charge in [-0.25, -0.2) is 9.59 Å². The molecule has 1 aliphatic heterocycles. The van der Waals surface area contributed by atoms with Gasteiger partial charge in [0.2, 0.25) is 5.91 Å². The van der Waals surface area contributed by atoms with E-state index in [9.17, 15) is 14.4 Å². The van der Waals surface area contributed by atoms with Crippen LogP contribution < -0.4 is 11.1 Å². The number of carbonyl (C=O) groups excluding carboxylic acids is 2. The van der Waals surface area contributed by atoms with Gasteiger partial charge in [0, 0.05) is 13.1 Å². The standard InChI is InChI=1S/C12H21N3O4/c1-3-7(2)9(11(17)18)14-12(19)15-5-4-8(6-15)10(13)16/h7-9H,3-6H2,1-2H3,(H2,13,16)(H,14,19)(H,17,18)/t7-,8?,9-/m0/s1. The van der Waals surface area contributed by atoms with Crippen molar-refractivity contribution in [1.29, 1.82) is 0 Å². The normalized spacial score (nSPS) is 21.8. The summed E-state index contributed by atoms with van der Waals surface area (Å²) < 4.78 is 0. The molecular formula is C12H21N3O4. The van der Waals surface area contributed by atoms with Crippen LogP contribution in [-0.2, 0) is 9.59 Å².